The molecule has 2 nitrogen and oxygen atoms in total. The average Bonchev–Trinajstić information content (AvgIpc) is 2.28. The largest absolute Gasteiger partial charge is 0.416 e. The molecule has 0 saturated carbocycles. The second-order valence-corrected chi connectivity index (χ2v) is 4.76. The van der Waals surface area contributed by atoms with E-state index in [9.17, 15) is 18.0 Å². The molecule has 19 heavy (non-hydrogen) atoms. The predicted octanol–water partition coefficient (Wildman–Crippen LogP) is 4.01. The van der Waals surface area contributed by atoms with Crippen LogP contribution in [0.15, 0.2) is 28.7 Å². The minimum atomic E-state index is -4.34. The molecular weight excluding hydrogens is 323 g/mol. The Hall–Kier alpha value is -1.30. The van der Waals surface area contributed by atoms with Crippen molar-refractivity contribution in [2.75, 3.05) is 6.54 Å². The summed E-state index contributed by atoms with van der Waals surface area (Å²) in [5.41, 5.74) is -0.0226. The molecule has 0 heterocycles. The third kappa shape index (κ3) is 5.46. The predicted molar refractivity (Wildman–Crippen MR) is 71.5 cm³/mol. The molecule has 0 atom stereocenters. The van der Waals surface area contributed by atoms with Gasteiger partial charge in [-0.25, -0.2) is 0 Å². The molecule has 0 bridgehead atoms. The first kappa shape index (κ1) is 15.8. The molecule has 0 spiro atoms. The van der Waals surface area contributed by atoms with Gasteiger partial charge in [-0.1, -0.05) is 34.1 Å². The number of carbonyl (C=O) groups excluding carboxylic acids is 1. The van der Waals surface area contributed by atoms with E-state index in [4.69, 9.17) is 0 Å². The van der Waals surface area contributed by atoms with Crippen LogP contribution in [0.25, 0.3) is 6.08 Å². The van der Waals surface area contributed by atoms with Crippen molar-refractivity contribution in [3.05, 3.63) is 39.9 Å². The first-order valence-corrected chi connectivity index (χ1v) is 6.37. The summed E-state index contributed by atoms with van der Waals surface area (Å²) in [6, 6.07) is 3.49. The number of hydrogen-bond donors (Lipinski definition) is 1. The summed E-state index contributed by atoms with van der Waals surface area (Å²) in [6.45, 7) is 1.93. The third-order valence-corrected chi connectivity index (χ3v) is 3.00. The van der Waals surface area contributed by atoms with E-state index < -0.39 is 11.7 Å². The Bertz CT molecular complexity index is 483. The van der Waals surface area contributed by atoms with Gasteiger partial charge in [0.05, 0.1) is 5.56 Å². The van der Waals surface area contributed by atoms with Crippen molar-refractivity contribution in [2.45, 2.75) is 19.5 Å². The number of benzene rings is 1. The molecule has 0 saturated heterocycles. The maximum absolute atomic E-state index is 12.4. The second-order valence-electron chi connectivity index (χ2n) is 3.91. The SMILES string of the molecule is CC(=O)NCCC=Cc1ccc(C(F)(F)F)cc1Br. The topological polar surface area (TPSA) is 29.1 Å². The molecule has 1 amide bonds. The zero-order chi connectivity index (χ0) is 14.5. The van der Waals surface area contributed by atoms with Crippen molar-refractivity contribution in [3.63, 3.8) is 0 Å². The van der Waals surface area contributed by atoms with Crippen LogP contribution in [0.2, 0.25) is 0 Å². The van der Waals surface area contributed by atoms with Crippen LogP contribution in [0.4, 0.5) is 13.2 Å². The average molecular weight is 336 g/mol. The summed E-state index contributed by atoms with van der Waals surface area (Å²) in [5.74, 6) is -0.107. The molecule has 1 aromatic rings. The highest BCUT2D eigenvalue weighted by Crippen LogP contribution is 2.32. The van der Waals surface area contributed by atoms with Gasteiger partial charge in [0.2, 0.25) is 5.91 Å². The fourth-order valence-electron chi connectivity index (χ4n) is 1.38. The van der Waals surface area contributed by atoms with E-state index >= 15 is 0 Å². The molecule has 0 radical (unpaired) electrons. The maximum atomic E-state index is 12.4. The number of alkyl halides is 3. The highest BCUT2D eigenvalue weighted by atomic mass is 79.9. The first-order chi connectivity index (χ1) is 8.80. The number of halogens is 4. The Labute approximate surface area is 117 Å². The summed E-state index contributed by atoms with van der Waals surface area (Å²) in [5, 5.41) is 2.62. The molecule has 6 heteroatoms. The van der Waals surface area contributed by atoms with Crippen LogP contribution in [0.1, 0.15) is 24.5 Å². The van der Waals surface area contributed by atoms with Gasteiger partial charge >= 0.3 is 6.18 Å². The lowest BCUT2D eigenvalue weighted by Gasteiger charge is -2.08. The minimum Gasteiger partial charge on any atom is -0.356 e. The minimum absolute atomic E-state index is 0.107. The van der Waals surface area contributed by atoms with Crippen molar-refractivity contribution in [1.29, 1.82) is 0 Å². The molecule has 0 aromatic heterocycles. The van der Waals surface area contributed by atoms with Gasteiger partial charge in [-0.3, -0.25) is 4.79 Å². The van der Waals surface area contributed by atoms with E-state index in [-0.39, 0.29) is 5.91 Å². The van der Waals surface area contributed by atoms with Crippen LogP contribution in [0.3, 0.4) is 0 Å². The normalized spacial score (nSPS) is 11.8. The first-order valence-electron chi connectivity index (χ1n) is 5.58. The van der Waals surface area contributed by atoms with Crippen LogP contribution in [-0.4, -0.2) is 12.5 Å². The molecule has 1 N–H and O–H groups in total. The smallest absolute Gasteiger partial charge is 0.356 e. The van der Waals surface area contributed by atoms with E-state index in [0.29, 0.717) is 23.0 Å². The highest BCUT2D eigenvalue weighted by Gasteiger charge is 2.30. The molecule has 0 fully saturated rings. The Kier molecular flexibility index (Phi) is 5.60. The van der Waals surface area contributed by atoms with Crippen molar-refractivity contribution in [3.8, 4) is 0 Å². The summed E-state index contributed by atoms with van der Waals surface area (Å²) >= 11 is 3.11. The van der Waals surface area contributed by atoms with E-state index in [1.807, 2.05) is 0 Å². The van der Waals surface area contributed by atoms with Gasteiger partial charge in [0, 0.05) is 17.9 Å². The molecule has 1 aromatic carbocycles. The Morgan fingerprint density at radius 1 is 1.42 bits per heavy atom. The zero-order valence-electron chi connectivity index (χ0n) is 10.2. The van der Waals surface area contributed by atoms with Crippen molar-refractivity contribution < 1.29 is 18.0 Å². The summed E-state index contributed by atoms with van der Waals surface area (Å²) < 4.78 is 37.7. The second kappa shape index (κ2) is 6.75. The van der Waals surface area contributed by atoms with Gasteiger partial charge in [-0.15, -0.1) is 0 Å². The molecule has 0 unspecified atom stereocenters. The van der Waals surface area contributed by atoms with Crippen molar-refractivity contribution in [1.82, 2.24) is 5.32 Å². The third-order valence-electron chi connectivity index (χ3n) is 2.31. The summed E-state index contributed by atoms with van der Waals surface area (Å²) in [6.07, 6.45) is -0.210. The number of nitrogens with one attached hydrogen (secondary N) is 1. The summed E-state index contributed by atoms with van der Waals surface area (Å²) in [4.78, 5) is 10.6. The lowest BCUT2D eigenvalue weighted by molar-refractivity contribution is -0.137. The van der Waals surface area contributed by atoms with Crippen molar-refractivity contribution in [2.24, 2.45) is 0 Å². The van der Waals surface area contributed by atoms with Gasteiger partial charge in [0.1, 0.15) is 0 Å². The van der Waals surface area contributed by atoms with E-state index in [1.165, 1.54) is 13.0 Å². The zero-order valence-corrected chi connectivity index (χ0v) is 11.8. The van der Waals surface area contributed by atoms with Gasteiger partial charge in [-0.2, -0.15) is 13.2 Å². The van der Waals surface area contributed by atoms with Crippen LogP contribution in [0, 0.1) is 0 Å². The molecule has 1 rings (SSSR count). The van der Waals surface area contributed by atoms with E-state index in [0.717, 1.165) is 12.1 Å². The number of hydrogen-bond acceptors (Lipinski definition) is 1. The molecule has 0 aliphatic rings. The monoisotopic (exact) mass is 335 g/mol. The van der Waals surface area contributed by atoms with Gasteiger partial charge in [-0.05, 0) is 24.1 Å². The van der Waals surface area contributed by atoms with Crippen LogP contribution in [0.5, 0.6) is 0 Å². The Morgan fingerprint density at radius 2 is 2.11 bits per heavy atom. The number of carbonyl (C=O) groups is 1. The Balaban J connectivity index is 2.65. The van der Waals surface area contributed by atoms with Crippen molar-refractivity contribution >= 4 is 27.9 Å². The highest BCUT2D eigenvalue weighted by molar-refractivity contribution is 9.10. The standard InChI is InChI=1S/C13H13BrF3NO/c1-9(19)18-7-3-2-4-10-5-6-11(8-12(10)14)13(15,16)17/h2,4-6,8H,3,7H2,1H3,(H,18,19). The fraction of sp³-hybridized carbons (Fsp3) is 0.308. The van der Waals surface area contributed by atoms with Gasteiger partial charge in [0.25, 0.3) is 0 Å². The maximum Gasteiger partial charge on any atom is 0.416 e. The van der Waals surface area contributed by atoms with E-state index in [1.54, 1.807) is 12.2 Å². The summed E-state index contributed by atoms with van der Waals surface area (Å²) in [7, 11) is 0. The number of amides is 1. The molecular formula is C13H13BrF3NO. The Morgan fingerprint density at radius 3 is 2.63 bits per heavy atom. The molecule has 104 valence electrons. The number of rotatable bonds is 4. The molecule has 0 aliphatic heterocycles. The van der Waals surface area contributed by atoms with E-state index in [2.05, 4.69) is 21.2 Å². The fourth-order valence-corrected chi connectivity index (χ4v) is 1.89. The quantitative estimate of drug-likeness (QED) is 0.827. The molecule has 0 aliphatic carbocycles. The lowest BCUT2D eigenvalue weighted by Crippen LogP contribution is -2.20. The van der Waals surface area contributed by atoms with Crippen LogP contribution < -0.4 is 5.32 Å². The van der Waals surface area contributed by atoms with Gasteiger partial charge < -0.3 is 5.32 Å². The van der Waals surface area contributed by atoms with Crippen LogP contribution in [-0.2, 0) is 11.0 Å². The lowest BCUT2D eigenvalue weighted by atomic mass is 10.1. The van der Waals surface area contributed by atoms with Gasteiger partial charge in [0.15, 0.2) is 0 Å². The van der Waals surface area contributed by atoms with Crippen LogP contribution >= 0.6 is 15.9 Å².